The third-order valence-corrected chi connectivity index (χ3v) is 6.09. The Balaban J connectivity index is 2.09. The van der Waals surface area contributed by atoms with Crippen LogP contribution in [0.3, 0.4) is 0 Å². The van der Waals surface area contributed by atoms with Gasteiger partial charge < -0.3 is 18.9 Å². The molecule has 2 rings (SSSR count). The van der Waals surface area contributed by atoms with Gasteiger partial charge in [-0.25, -0.2) is 0 Å². The summed E-state index contributed by atoms with van der Waals surface area (Å²) < 4.78 is 21.3. The average molecular weight is 458 g/mol. The highest BCUT2D eigenvalue weighted by Gasteiger charge is 2.41. The van der Waals surface area contributed by atoms with Crippen LogP contribution in [0.1, 0.15) is 32.8 Å². The van der Waals surface area contributed by atoms with Crippen molar-refractivity contribution >= 4 is 5.97 Å². The van der Waals surface area contributed by atoms with Gasteiger partial charge in [-0.15, -0.1) is 0 Å². The Labute approximate surface area is 198 Å². The van der Waals surface area contributed by atoms with Crippen molar-refractivity contribution in [2.45, 2.75) is 39.8 Å². The topological polar surface area (TPSA) is 57.2 Å². The van der Waals surface area contributed by atoms with E-state index in [1.165, 1.54) is 5.56 Å². The molecule has 0 radical (unpaired) electrons. The number of benzene rings is 1. The molecular weight excluding hydrogens is 418 g/mol. The summed E-state index contributed by atoms with van der Waals surface area (Å²) in [5.41, 5.74) is 2.13. The van der Waals surface area contributed by atoms with Crippen LogP contribution in [0.4, 0.5) is 0 Å². The molecule has 0 aliphatic carbocycles. The standard InChI is InChI=1S/C27H39NO5/c1-7-32-27(29)26-22(4)28(19-23-11-13-24(31-6)14-12-23)16-15-25(26)20(2)9-8-10-21(3)33-18-17-30-5/h8-14,22,25-26H,2,7,15-19H2,1,3-6H3/b9-8-,21-10+/t22-,25+,26+/m0/s1. The van der Waals surface area contributed by atoms with Gasteiger partial charge in [-0.2, -0.15) is 0 Å². The predicted molar refractivity (Wildman–Crippen MR) is 131 cm³/mol. The molecule has 1 heterocycles. The number of esters is 1. The molecule has 1 aliphatic heterocycles. The van der Waals surface area contributed by atoms with E-state index in [0.717, 1.165) is 36.6 Å². The van der Waals surface area contributed by atoms with Crippen LogP contribution in [0.5, 0.6) is 5.75 Å². The molecular formula is C27H39NO5. The third kappa shape index (κ3) is 8.06. The molecule has 6 nitrogen and oxygen atoms in total. The van der Waals surface area contributed by atoms with Gasteiger partial charge in [-0.1, -0.05) is 36.4 Å². The summed E-state index contributed by atoms with van der Waals surface area (Å²) >= 11 is 0. The van der Waals surface area contributed by atoms with Crippen molar-refractivity contribution < 1.29 is 23.7 Å². The number of rotatable bonds is 12. The highest BCUT2D eigenvalue weighted by molar-refractivity contribution is 5.74. The zero-order chi connectivity index (χ0) is 24.2. The first-order valence-corrected chi connectivity index (χ1v) is 11.6. The van der Waals surface area contributed by atoms with Gasteiger partial charge >= 0.3 is 5.97 Å². The zero-order valence-corrected chi connectivity index (χ0v) is 20.7. The van der Waals surface area contributed by atoms with Crippen LogP contribution in [0.25, 0.3) is 0 Å². The lowest BCUT2D eigenvalue weighted by molar-refractivity contribution is -0.154. The van der Waals surface area contributed by atoms with Gasteiger partial charge in [0.1, 0.15) is 12.4 Å². The number of piperidine rings is 1. The van der Waals surface area contributed by atoms with E-state index in [9.17, 15) is 4.79 Å². The van der Waals surface area contributed by atoms with Crippen molar-refractivity contribution in [2.75, 3.05) is 40.6 Å². The van der Waals surface area contributed by atoms with E-state index >= 15 is 0 Å². The lowest BCUT2D eigenvalue weighted by Gasteiger charge is -2.43. The van der Waals surface area contributed by atoms with E-state index in [0.29, 0.717) is 19.8 Å². The lowest BCUT2D eigenvalue weighted by atomic mass is 9.76. The second kappa shape index (κ2) is 13.9. The molecule has 182 valence electrons. The van der Waals surface area contributed by atoms with Crippen LogP contribution in [-0.4, -0.2) is 57.5 Å². The van der Waals surface area contributed by atoms with Gasteiger partial charge in [0.15, 0.2) is 0 Å². The van der Waals surface area contributed by atoms with Crippen molar-refractivity contribution in [3.63, 3.8) is 0 Å². The second-order valence-electron chi connectivity index (χ2n) is 8.28. The summed E-state index contributed by atoms with van der Waals surface area (Å²) in [7, 11) is 3.31. The summed E-state index contributed by atoms with van der Waals surface area (Å²) in [5.74, 6) is 1.26. The van der Waals surface area contributed by atoms with Crippen LogP contribution in [0, 0.1) is 11.8 Å². The number of hydrogen-bond donors (Lipinski definition) is 0. The minimum Gasteiger partial charge on any atom is -0.497 e. The van der Waals surface area contributed by atoms with Crippen LogP contribution in [0.2, 0.25) is 0 Å². The van der Waals surface area contributed by atoms with Gasteiger partial charge in [-0.05, 0) is 63.4 Å². The number of allylic oxidation sites excluding steroid dienone is 5. The fourth-order valence-electron chi connectivity index (χ4n) is 4.22. The SMILES string of the molecule is C=C(/C=C\C=C(/C)OCCOC)[C@H]1CCN(Cc2ccc(OC)cc2)[C@@H](C)[C@H]1C(=O)OCC. The predicted octanol–water partition coefficient (Wildman–Crippen LogP) is 4.76. The average Bonchev–Trinajstić information content (AvgIpc) is 2.80. The van der Waals surface area contributed by atoms with Crippen LogP contribution in [0.15, 0.2) is 60.4 Å². The molecule has 0 unspecified atom stereocenters. The summed E-state index contributed by atoms with van der Waals surface area (Å²) in [4.78, 5) is 15.3. The monoisotopic (exact) mass is 457 g/mol. The van der Waals surface area contributed by atoms with Crippen molar-refractivity contribution in [3.8, 4) is 5.75 Å². The number of carbonyl (C=O) groups excluding carboxylic acids is 1. The van der Waals surface area contributed by atoms with Crippen molar-refractivity contribution in [1.29, 1.82) is 0 Å². The lowest BCUT2D eigenvalue weighted by Crippen LogP contribution is -2.50. The molecule has 1 aromatic rings. The van der Waals surface area contributed by atoms with Crippen LogP contribution < -0.4 is 4.74 Å². The highest BCUT2D eigenvalue weighted by Crippen LogP contribution is 2.36. The Morgan fingerprint density at radius 2 is 1.91 bits per heavy atom. The van der Waals surface area contributed by atoms with Gasteiger partial charge in [0.05, 0.1) is 32.0 Å². The van der Waals surface area contributed by atoms with Gasteiger partial charge in [0, 0.05) is 19.7 Å². The Morgan fingerprint density at radius 3 is 2.55 bits per heavy atom. The summed E-state index contributed by atoms with van der Waals surface area (Å²) in [6.45, 7) is 13.3. The zero-order valence-electron chi connectivity index (χ0n) is 20.7. The van der Waals surface area contributed by atoms with E-state index in [1.807, 2.05) is 44.2 Å². The molecule has 0 saturated carbocycles. The van der Waals surface area contributed by atoms with Gasteiger partial charge in [0.2, 0.25) is 0 Å². The van der Waals surface area contributed by atoms with Crippen LogP contribution in [-0.2, 0) is 25.5 Å². The Bertz CT molecular complexity index is 814. The number of methoxy groups -OCH3 is 2. The molecule has 1 saturated heterocycles. The number of carbonyl (C=O) groups is 1. The van der Waals surface area contributed by atoms with E-state index in [-0.39, 0.29) is 23.8 Å². The van der Waals surface area contributed by atoms with Crippen molar-refractivity contribution in [3.05, 3.63) is 66.0 Å². The van der Waals surface area contributed by atoms with E-state index < -0.39 is 0 Å². The maximum absolute atomic E-state index is 13.0. The first-order valence-electron chi connectivity index (χ1n) is 11.6. The Morgan fingerprint density at radius 1 is 1.18 bits per heavy atom. The molecule has 0 aromatic heterocycles. The van der Waals surface area contributed by atoms with E-state index in [4.69, 9.17) is 18.9 Å². The first kappa shape index (κ1) is 26.7. The quantitative estimate of drug-likeness (QED) is 0.195. The fourth-order valence-corrected chi connectivity index (χ4v) is 4.22. The van der Waals surface area contributed by atoms with Crippen molar-refractivity contribution in [2.24, 2.45) is 11.8 Å². The van der Waals surface area contributed by atoms with Gasteiger partial charge in [-0.3, -0.25) is 9.69 Å². The highest BCUT2D eigenvalue weighted by atomic mass is 16.5. The molecule has 0 N–H and O–H groups in total. The molecule has 0 amide bonds. The number of likely N-dealkylation sites (tertiary alicyclic amines) is 1. The molecule has 0 bridgehead atoms. The molecule has 33 heavy (non-hydrogen) atoms. The Kier molecular flexibility index (Phi) is 11.2. The van der Waals surface area contributed by atoms with E-state index in [2.05, 4.69) is 30.5 Å². The summed E-state index contributed by atoms with van der Waals surface area (Å²) in [6.07, 6.45) is 6.66. The molecule has 6 heteroatoms. The second-order valence-corrected chi connectivity index (χ2v) is 8.28. The maximum Gasteiger partial charge on any atom is 0.311 e. The fraction of sp³-hybridized carbons (Fsp3) is 0.519. The molecule has 1 aliphatic rings. The maximum atomic E-state index is 13.0. The van der Waals surface area contributed by atoms with Crippen molar-refractivity contribution in [1.82, 2.24) is 4.90 Å². The summed E-state index contributed by atoms with van der Waals surface area (Å²) in [6, 6.07) is 8.11. The number of nitrogens with zero attached hydrogens (tertiary/aromatic N) is 1. The first-order chi connectivity index (χ1) is 15.9. The number of ether oxygens (including phenoxy) is 4. The molecule has 3 atom stereocenters. The summed E-state index contributed by atoms with van der Waals surface area (Å²) in [5, 5.41) is 0. The smallest absolute Gasteiger partial charge is 0.311 e. The Hall–Kier alpha value is -2.57. The minimum absolute atomic E-state index is 0.0321. The normalized spacial score (nSPS) is 21.7. The molecule has 0 spiro atoms. The third-order valence-electron chi connectivity index (χ3n) is 6.09. The molecule has 1 fully saturated rings. The van der Waals surface area contributed by atoms with E-state index in [1.54, 1.807) is 14.2 Å². The minimum atomic E-state index is -0.267. The largest absolute Gasteiger partial charge is 0.497 e. The van der Waals surface area contributed by atoms with Crippen LogP contribution >= 0.6 is 0 Å². The number of hydrogen-bond acceptors (Lipinski definition) is 6. The molecule has 1 aromatic carbocycles. The van der Waals surface area contributed by atoms with Gasteiger partial charge in [0.25, 0.3) is 0 Å².